The number of piperidine rings is 2. The van der Waals surface area contributed by atoms with E-state index in [1.807, 2.05) is 53.0 Å². The Morgan fingerprint density at radius 2 is 1.76 bits per heavy atom. The number of hydrogen-bond acceptors (Lipinski definition) is 7. The number of carbonyl (C=O) groups excluding carboxylic acids is 5. The predicted molar refractivity (Wildman–Crippen MR) is 152 cm³/mol. The minimum absolute atomic E-state index is 0.0705. The molecular weight excluding hydrogens is 536 g/mol. The van der Waals surface area contributed by atoms with Crippen LogP contribution < -0.4 is 10.6 Å². The first kappa shape index (κ1) is 27.4. The largest absolute Gasteiger partial charge is 0.380 e. The molecule has 0 aliphatic carbocycles. The van der Waals surface area contributed by atoms with Gasteiger partial charge in [0.25, 0.3) is 11.8 Å². The van der Waals surface area contributed by atoms with Gasteiger partial charge in [0, 0.05) is 43.5 Å². The van der Waals surface area contributed by atoms with Crippen molar-refractivity contribution in [1.29, 1.82) is 0 Å². The van der Waals surface area contributed by atoms with Crippen molar-refractivity contribution in [2.75, 3.05) is 18.4 Å². The van der Waals surface area contributed by atoms with E-state index in [2.05, 4.69) is 15.7 Å². The zero-order chi connectivity index (χ0) is 29.4. The summed E-state index contributed by atoms with van der Waals surface area (Å²) in [6.45, 7) is 3.67. The minimum Gasteiger partial charge on any atom is -0.380 e. The first-order valence-electron chi connectivity index (χ1n) is 14.3. The maximum atomic E-state index is 13.3. The summed E-state index contributed by atoms with van der Waals surface area (Å²) in [6.07, 6.45) is 5.53. The standard InChI is InChI=1S/C31H32N6O5/c1-19(21-6-3-2-4-7-21)29(40)35-14-12-22(13-15-35)36-18-20(17-33-36)16-32-24-9-5-8-23-27(24)31(42)37(30(23)41)25-10-11-26(38)34-28(25)39/h2-9,17-19,22,25,32H,10-16H2,1H3,(H,34,38,39)/t19-,25?/m0/s1. The number of imide groups is 2. The van der Waals surface area contributed by atoms with Gasteiger partial charge in [-0.1, -0.05) is 36.4 Å². The second-order valence-corrected chi connectivity index (χ2v) is 11.0. The van der Waals surface area contributed by atoms with Crippen molar-refractivity contribution in [3.05, 3.63) is 83.2 Å². The van der Waals surface area contributed by atoms with Gasteiger partial charge in [0.15, 0.2) is 0 Å². The lowest BCUT2D eigenvalue weighted by Crippen LogP contribution is -2.54. The highest BCUT2D eigenvalue weighted by Gasteiger charge is 2.45. The van der Waals surface area contributed by atoms with Gasteiger partial charge in [-0.05, 0) is 43.9 Å². The van der Waals surface area contributed by atoms with Gasteiger partial charge in [0.1, 0.15) is 6.04 Å². The molecule has 3 aromatic rings. The SMILES string of the molecule is C[C@H](C(=O)N1CCC(n2cc(CNc3cccc4c3C(=O)N(C3CCC(=O)NC3=O)C4=O)cn2)CC1)c1ccccc1. The van der Waals surface area contributed by atoms with Crippen LogP contribution in [0.15, 0.2) is 60.9 Å². The molecule has 2 aromatic carbocycles. The molecule has 42 heavy (non-hydrogen) atoms. The Kier molecular flexibility index (Phi) is 7.32. The van der Waals surface area contributed by atoms with Gasteiger partial charge in [-0.3, -0.25) is 38.9 Å². The predicted octanol–water partition coefficient (Wildman–Crippen LogP) is 2.86. The Morgan fingerprint density at radius 1 is 1.00 bits per heavy atom. The van der Waals surface area contributed by atoms with Crippen LogP contribution in [0.5, 0.6) is 0 Å². The zero-order valence-corrected chi connectivity index (χ0v) is 23.3. The molecule has 5 amide bonds. The van der Waals surface area contributed by atoms with Gasteiger partial charge in [0.05, 0.1) is 29.3 Å². The molecule has 216 valence electrons. The topological polar surface area (TPSA) is 134 Å². The first-order chi connectivity index (χ1) is 20.3. The Morgan fingerprint density at radius 3 is 2.50 bits per heavy atom. The van der Waals surface area contributed by atoms with E-state index in [9.17, 15) is 24.0 Å². The normalized spacial score (nSPS) is 20.0. The lowest BCUT2D eigenvalue weighted by atomic mass is 9.97. The molecule has 11 heteroatoms. The maximum Gasteiger partial charge on any atom is 0.264 e. The number of likely N-dealkylation sites (tertiary alicyclic amines) is 1. The second-order valence-electron chi connectivity index (χ2n) is 11.0. The van der Waals surface area contributed by atoms with Gasteiger partial charge in [-0.25, -0.2) is 0 Å². The van der Waals surface area contributed by atoms with Crippen molar-refractivity contribution in [2.45, 2.75) is 57.2 Å². The fourth-order valence-corrected chi connectivity index (χ4v) is 6.04. The van der Waals surface area contributed by atoms with Crippen molar-refractivity contribution in [3.8, 4) is 0 Å². The molecule has 0 radical (unpaired) electrons. The van der Waals surface area contributed by atoms with Gasteiger partial charge in [-0.2, -0.15) is 5.10 Å². The van der Waals surface area contributed by atoms with Crippen LogP contribution in [0.3, 0.4) is 0 Å². The third-order valence-electron chi connectivity index (χ3n) is 8.43. The van der Waals surface area contributed by atoms with Crippen LogP contribution in [0.2, 0.25) is 0 Å². The van der Waals surface area contributed by atoms with Gasteiger partial charge in [0.2, 0.25) is 17.7 Å². The molecular formula is C31H32N6O5. The number of fused-ring (bicyclic) bond motifs is 1. The van der Waals surface area contributed by atoms with Crippen LogP contribution in [-0.2, 0) is 20.9 Å². The van der Waals surface area contributed by atoms with Crippen LogP contribution in [0, 0.1) is 0 Å². The number of nitrogens with zero attached hydrogens (tertiary/aromatic N) is 4. The second kappa shape index (κ2) is 11.2. The number of benzene rings is 2. The van der Waals surface area contributed by atoms with E-state index < -0.39 is 29.7 Å². The fourth-order valence-electron chi connectivity index (χ4n) is 6.04. The van der Waals surface area contributed by atoms with Crippen LogP contribution >= 0.6 is 0 Å². The summed E-state index contributed by atoms with van der Waals surface area (Å²) in [5, 5.41) is 10.0. The van der Waals surface area contributed by atoms with E-state index in [-0.39, 0.29) is 41.8 Å². The molecule has 2 fully saturated rings. The van der Waals surface area contributed by atoms with E-state index in [0.717, 1.165) is 28.9 Å². The Bertz CT molecular complexity index is 1560. The number of rotatable bonds is 7. The Labute approximate surface area is 242 Å². The fraction of sp³-hybridized carbons (Fsp3) is 0.355. The van der Waals surface area contributed by atoms with Gasteiger partial charge < -0.3 is 10.2 Å². The maximum absolute atomic E-state index is 13.3. The molecule has 3 aliphatic heterocycles. The molecule has 0 bridgehead atoms. The highest BCUT2D eigenvalue weighted by Crippen LogP contribution is 2.33. The number of aromatic nitrogens is 2. The highest BCUT2D eigenvalue weighted by molar-refractivity contribution is 6.25. The van der Waals surface area contributed by atoms with Crippen LogP contribution in [0.4, 0.5) is 5.69 Å². The average Bonchev–Trinajstić information content (AvgIpc) is 3.59. The molecule has 0 saturated carbocycles. The van der Waals surface area contributed by atoms with Crippen LogP contribution in [0.25, 0.3) is 0 Å². The number of carbonyl (C=O) groups is 5. The molecule has 3 aliphatic rings. The number of amides is 5. The lowest BCUT2D eigenvalue weighted by molar-refractivity contribution is -0.136. The van der Waals surface area contributed by atoms with E-state index >= 15 is 0 Å². The third-order valence-corrected chi connectivity index (χ3v) is 8.43. The van der Waals surface area contributed by atoms with Gasteiger partial charge >= 0.3 is 0 Å². The summed E-state index contributed by atoms with van der Waals surface area (Å²) in [5.41, 5.74) is 2.87. The van der Waals surface area contributed by atoms with Crippen molar-refractivity contribution >= 4 is 35.2 Å². The summed E-state index contributed by atoms with van der Waals surface area (Å²) in [4.78, 5) is 66.3. The summed E-state index contributed by atoms with van der Waals surface area (Å²) in [5.74, 6) is -2.17. The zero-order valence-electron chi connectivity index (χ0n) is 23.3. The van der Waals surface area contributed by atoms with Crippen molar-refractivity contribution in [3.63, 3.8) is 0 Å². The first-order valence-corrected chi connectivity index (χ1v) is 14.3. The van der Waals surface area contributed by atoms with E-state index in [1.54, 1.807) is 24.4 Å². The summed E-state index contributed by atoms with van der Waals surface area (Å²) in [6, 6.07) is 14.0. The summed E-state index contributed by atoms with van der Waals surface area (Å²) < 4.78 is 1.94. The highest BCUT2D eigenvalue weighted by atomic mass is 16.2. The van der Waals surface area contributed by atoms with Crippen molar-refractivity contribution in [1.82, 2.24) is 24.9 Å². The third kappa shape index (κ3) is 5.06. The molecule has 1 aromatic heterocycles. The molecule has 2 atom stereocenters. The van der Waals surface area contributed by atoms with Gasteiger partial charge in [-0.15, -0.1) is 0 Å². The molecule has 6 rings (SSSR count). The number of hydrogen-bond donors (Lipinski definition) is 2. The van der Waals surface area contributed by atoms with Crippen molar-refractivity contribution in [2.24, 2.45) is 0 Å². The Hall–Kier alpha value is -4.80. The quantitative estimate of drug-likeness (QED) is 0.419. The number of anilines is 1. The van der Waals surface area contributed by atoms with E-state index in [1.165, 1.54) is 0 Å². The van der Waals surface area contributed by atoms with E-state index in [4.69, 9.17) is 0 Å². The van der Waals surface area contributed by atoms with Crippen LogP contribution in [-0.4, -0.2) is 68.2 Å². The molecule has 4 heterocycles. The monoisotopic (exact) mass is 568 g/mol. The molecule has 0 spiro atoms. The molecule has 1 unspecified atom stereocenters. The van der Waals surface area contributed by atoms with Crippen molar-refractivity contribution < 1.29 is 24.0 Å². The molecule has 2 N–H and O–H groups in total. The smallest absolute Gasteiger partial charge is 0.264 e. The summed E-state index contributed by atoms with van der Waals surface area (Å²) in [7, 11) is 0. The summed E-state index contributed by atoms with van der Waals surface area (Å²) >= 11 is 0. The van der Waals surface area contributed by atoms with Crippen LogP contribution in [0.1, 0.15) is 76.4 Å². The Balaban J connectivity index is 1.07. The minimum atomic E-state index is -1.01. The molecule has 11 nitrogen and oxygen atoms in total. The molecule has 2 saturated heterocycles. The average molecular weight is 569 g/mol. The number of nitrogens with one attached hydrogen (secondary N) is 2. The lowest BCUT2D eigenvalue weighted by Gasteiger charge is -2.33. The van der Waals surface area contributed by atoms with E-state index in [0.29, 0.717) is 25.3 Å².